The smallest absolute Gasteiger partial charge is 0.230 e. The van der Waals surface area contributed by atoms with Gasteiger partial charge in [-0.1, -0.05) is 12.8 Å². The number of nitrogens with one attached hydrogen (secondary N) is 1. The number of amides is 1. The molecule has 0 bridgehead atoms. The van der Waals surface area contributed by atoms with E-state index in [2.05, 4.69) is 20.8 Å². The van der Waals surface area contributed by atoms with E-state index in [1.807, 2.05) is 16.4 Å². The first-order valence-electron chi connectivity index (χ1n) is 8.04. The molecule has 1 aromatic heterocycles. The molecular formula is C14H23N5OS2. The Morgan fingerprint density at radius 2 is 2.05 bits per heavy atom. The second-order valence-corrected chi connectivity index (χ2v) is 8.14. The zero-order valence-corrected chi connectivity index (χ0v) is 14.4. The molecule has 22 heavy (non-hydrogen) atoms. The molecule has 2 fully saturated rings. The lowest BCUT2D eigenvalue weighted by molar-refractivity contribution is -0.119. The van der Waals surface area contributed by atoms with Gasteiger partial charge in [0.25, 0.3) is 0 Å². The molecule has 1 amide bonds. The summed E-state index contributed by atoms with van der Waals surface area (Å²) in [5.74, 6) is 4.56. The number of nitrogens with zero attached hydrogens (tertiary/aromatic N) is 4. The predicted octanol–water partition coefficient (Wildman–Crippen LogP) is 2.03. The van der Waals surface area contributed by atoms with Crippen LogP contribution >= 0.6 is 23.5 Å². The minimum Gasteiger partial charge on any atom is -0.353 e. The second-order valence-electron chi connectivity index (χ2n) is 5.92. The quantitative estimate of drug-likeness (QED) is 0.853. The van der Waals surface area contributed by atoms with Crippen molar-refractivity contribution in [1.29, 1.82) is 0 Å². The van der Waals surface area contributed by atoms with Crippen LogP contribution in [0.3, 0.4) is 0 Å². The summed E-state index contributed by atoms with van der Waals surface area (Å²) in [6.07, 6.45) is 7.06. The Morgan fingerprint density at radius 3 is 2.82 bits per heavy atom. The van der Waals surface area contributed by atoms with Crippen molar-refractivity contribution in [3.05, 3.63) is 5.82 Å². The molecular weight excluding hydrogens is 318 g/mol. The lowest BCUT2D eigenvalue weighted by Crippen LogP contribution is -2.38. The van der Waals surface area contributed by atoms with E-state index in [1.54, 1.807) is 11.8 Å². The zero-order chi connectivity index (χ0) is 15.2. The van der Waals surface area contributed by atoms with Crippen molar-refractivity contribution in [3.8, 4) is 0 Å². The third-order valence-corrected chi connectivity index (χ3v) is 6.26. The molecule has 2 heterocycles. The van der Waals surface area contributed by atoms with Gasteiger partial charge in [0.15, 0.2) is 5.82 Å². The first-order chi connectivity index (χ1) is 10.8. The average Bonchev–Trinajstić information content (AvgIpc) is 3.19. The molecule has 1 aliphatic carbocycles. The molecule has 3 rings (SSSR count). The molecule has 1 aromatic rings. The van der Waals surface area contributed by atoms with Crippen LogP contribution in [0.15, 0.2) is 0 Å². The van der Waals surface area contributed by atoms with Gasteiger partial charge in [0.2, 0.25) is 5.91 Å². The van der Waals surface area contributed by atoms with E-state index in [0.717, 1.165) is 30.2 Å². The molecule has 1 saturated carbocycles. The van der Waals surface area contributed by atoms with Crippen LogP contribution in [-0.4, -0.2) is 49.4 Å². The van der Waals surface area contributed by atoms with E-state index in [-0.39, 0.29) is 5.91 Å². The van der Waals surface area contributed by atoms with Crippen molar-refractivity contribution in [2.24, 2.45) is 0 Å². The Morgan fingerprint density at radius 1 is 1.27 bits per heavy atom. The van der Waals surface area contributed by atoms with Gasteiger partial charge in [0, 0.05) is 6.04 Å². The number of tetrazole rings is 1. The third-order valence-electron chi connectivity index (χ3n) is 4.28. The Bertz CT molecular complexity index is 483. The van der Waals surface area contributed by atoms with Gasteiger partial charge in [-0.25, -0.2) is 4.68 Å². The number of aromatic nitrogens is 4. The van der Waals surface area contributed by atoms with Crippen molar-refractivity contribution in [2.75, 3.05) is 17.3 Å². The van der Waals surface area contributed by atoms with Crippen LogP contribution in [0.1, 0.15) is 50.4 Å². The van der Waals surface area contributed by atoms with Crippen LogP contribution in [0, 0.1) is 0 Å². The number of carbonyl (C=O) groups excluding carboxylic acids is 1. The first kappa shape index (κ1) is 16.1. The molecule has 2 aliphatic rings. The molecule has 1 saturated heterocycles. The van der Waals surface area contributed by atoms with Crippen molar-refractivity contribution in [1.82, 2.24) is 25.5 Å². The number of rotatable bonds is 6. The molecule has 8 heteroatoms. The summed E-state index contributed by atoms with van der Waals surface area (Å²) in [6.45, 7) is 0. The Kier molecular flexibility index (Phi) is 6.00. The Hall–Kier alpha value is -0.760. The molecule has 6 nitrogen and oxygen atoms in total. The number of carbonyl (C=O) groups is 1. The van der Waals surface area contributed by atoms with Gasteiger partial charge in [0.05, 0.1) is 17.5 Å². The van der Waals surface area contributed by atoms with Gasteiger partial charge < -0.3 is 5.32 Å². The largest absolute Gasteiger partial charge is 0.353 e. The molecule has 0 aromatic carbocycles. The summed E-state index contributed by atoms with van der Waals surface area (Å²) < 4.78 is 1.97. The number of hydrogen-bond acceptors (Lipinski definition) is 6. The minimum atomic E-state index is 0.141. The van der Waals surface area contributed by atoms with Crippen molar-refractivity contribution in [3.63, 3.8) is 0 Å². The van der Waals surface area contributed by atoms with E-state index in [4.69, 9.17) is 0 Å². The number of thioether (sulfide) groups is 2. The fourth-order valence-electron chi connectivity index (χ4n) is 3.09. The average molecular weight is 342 g/mol. The van der Waals surface area contributed by atoms with Crippen molar-refractivity contribution in [2.45, 2.75) is 56.4 Å². The SMILES string of the molecule is O=C(CSCc1nnnn1C1CCCC1)NC1CCSCC1. The van der Waals surface area contributed by atoms with Crippen molar-refractivity contribution < 1.29 is 4.79 Å². The molecule has 122 valence electrons. The maximum absolute atomic E-state index is 12.0. The molecule has 0 atom stereocenters. The van der Waals surface area contributed by atoms with Crippen LogP contribution in [0.2, 0.25) is 0 Å². The fourth-order valence-corrected chi connectivity index (χ4v) is 4.94. The summed E-state index contributed by atoms with van der Waals surface area (Å²) in [4.78, 5) is 12.0. The lowest BCUT2D eigenvalue weighted by Gasteiger charge is -2.22. The maximum atomic E-state index is 12.0. The summed E-state index contributed by atoms with van der Waals surface area (Å²) in [6, 6.07) is 0.831. The van der Waals surface area contributed by atoms with E-state index >= 15 is 0 Å². The molecule has 0 radical (unpaired) electrons. The molecule has 0 unspecified atom stereocenters. The van der Waals surface area contributed by atoms with Crippen LogP contribution in [0.25, 0.3) is 0 Å². The first-order valence-corrected chi connectivity index (χ1v) is 10.4. The van der Waals surface area contributed by atoms with Crippen LogP contribution in [0.4, 0.5) is 0 Å². The number of hydrogen-bond donors (Lipinski definition) is 1. The Labute approximate surface area is 139 Å². The topological polar surface area (TPSA) is 72.7 Å². The van der Waals surface area contributed by atoms with E-state index < -0.39 is 0 Å². The molecule has 0 spiro atoms. The van der Waals surface area contributed by atoms with Gasteiger partial charge in [-0.05, 0) is 47.6 Å². The van der Waals surface area contributed by atoms with Gasteiger partial charge in [-0.3, -0.25) is 4.79 Å². The highest BCUT2D eigenvalue weighted by molar-refractivity contribution is 7.99. The highest BCUT2D eigenvalue weighted by Crippen LogP contribution is 2.29. The highest BCUT2D eigenvalue weighted by atomic mass is 32.2. The molecule has 1 aliphatic heterocycles. The second kappa shape index (κ2) is 8.19. The minimum absolute atomic E-state index is 0.141. The highest BCUT2D eigenvalue weighted by Gasteiger charge is 2.21. The van der Waals surface area contributed by atoms with Crippen LogP contribution in [0.5, 0.6) is 0 Å². The standard InChI is InChI=1S/C14H23N5OS2/c20-14(15-11-5-7-21-8-6-11)10-22-9-13-16-17-18-19(13)12-3-1-2-4-12/h11-12H,1-10H2,(H,15,20). The van der Waals surface area contributed by atoms with Crippen LogP contribution < -0.4 is 5.32 Å². The zero-order valence-electron chi connectivity index (χ0n) is 12.7. The van der Waals surface area contributed by atoms with E-state index in [0.29, 0.717) is 23.6 Å². The van der Waals surface area contributed by atoms with Gasteiger partial charge in [-0.2, -0.15) is 11.8 Å². The maximum Gasteiger partial charge on any atom is 0.230 e. The fraction of sp³-hybridized carbons (Fsp3) is 0.857. The lowest BCUT2D eigenvalue weighted by atomic mass is 10.1. The summed E-state index contributed by atoms with van der Waals surface area (Å²) in [7, 11) is 0. The monoisotopic (exact) mass is 341 g/mol. The summed E-state index contributed by atoms with van der Waals surface area (Å²) in [5, 5.41) is 15.2. The Balaban J connectivity index is 1.41. The van der Waals surface area contributed by atoms with E-state index in [1.165, 1.54) is 25.7 Å². The molecule has 1 N–H and O–H groups in total. The summed E-state index contributed by atoms with van der Waals surface area (Å²) in [5.41, 5.74) is 0. The summed E-state index contributed by atoms with van der Waals surface area (Å²) >= 11 is 3.57. The van der Waals surface area contributed by atoms with Gasteiger partial charge >= 0.3 is 0 Å². The normalized spacial score (nSPS) is 20.4. The van der Waals surface area contributed by atoms with Gasteiger partial charge in [0.1, 0.15) is 0 Å². The van der Waals surface area contributed by atoms with Crippen molar-refractivity contribution >= 4 is 29.4 Å². The van der Waals surface area contributed by atoms with Gasteiger partial charge in [-0.15, -0.1) is 16.9 Å². The third kappa shape index (κ3) is 4.38. The van der Waals surface area contributed by atoms with Crippen LogP contribution in [-0.2, 0) is 10.5 Å². The predicted molar refractivity (Wildman–Crippen MR) is 90.0 cm³/mol. The van der Waals surface area contributed by atoms with E-state index in [9.17, 15) is 4.79 Å².